The largest absolute Gasteiger partial charge is 0.351 e. The highest BCUT2D eigenvalue weighted by Crippen LogP contribution is 2.04. The fourth-order valence-corrected chi connectivity index (χ4v) is 2.73. The van der Waals surface area contributed by atoms with Crippen molar-refractivity contribution in [3.05, 3.63) is 35.6 Å². The first kappa shape index (κ1) is 18.6. The summed E-state index contributed by atoms with van der Waals surface area (Å²) in [6.45, 7) is 2.42. The number of halogens is 1. The van der Waals surface area contributed by atoms with Crippen LogP contribution in [0.15, 0.2) is 24.3 Å². The second-order valence-electron chi connectivity index (χ2n) is 5.21. The van der Waals surface area contributed by atoms with Gasteiger partial charge in [-0.3, -0.25) is 4.79 Å². The van der Waals surface area contributed by atoms with Crippen LogP contribution >= 0.6 is 0 Å². The van der Waals surface area contributed by atoms with Crippen LogP contribution in [-0.2, 0) is 21.4 Å². The molecule has 1 N–H and O–H groups in total. The molecule has 1 rings (SSSR count). The number of amides is 1. The summed E-state index contributed by atoms with van der Waals surface area (Å²) in [7, 11) is -3.41. The molecule has 0 saturated carbocycles. The van der Waals surface area contributed by atoms with E-state index < -0.39 is 10.0 Å². The lowest BCUT2D eigenvalue weighted by atomic mass is 10.2. The first-order chi connectivity index (χ1) is 10.3. The maximum absolute atomic E-state index is 12.8. The zero-order valence-corrected chi connectivity index (χ0v) is 13.8. The monoisotopic (exact) mass is 330 g/mol. The number of carbonyl (C=O) groups excluding carboxylic acids is 1. The normalized spacial score (nSPS) is 11.6. The van der Waals surface area contributed by atoms with Crippen molar-refractivity contribution in [1.82, 2.24) is 9.62 Å². The standard InChI is InChI=1S/C15H23FN2O3S/c1-3-4-5-10-18(22(2,20)21)12-15(19)17-11-13-6-8-14(16)9-7-13/h6-9H,3-5,10-12H2,1-2H3,(H,17,19). The van der Waals surface area contributed by atoms with Gasteiger partial charge in [-0.1, -0.05) is 31.9 Å². The van der Waals surface area contributed by atoms with Crippen LogP contribution in [0.3, 0.4) is 0 Å². The molecule has 0 spiro atoms. The number of nitrogens with zero attached hydrogens (tertiary/aromatic N) is 1. The van der Waals surface area contributed by atoms with Crippen LogP contribution in [0.1, 0.15) is 31.7 Å². The van der Waals surface area contributed by atoms with Crippen LogP contribution in [0.5, 0.6) is 0 Å². The van der Waals surface area contributed by atoms with Crippen molar-refractivity contribution in [1.29, 1.82) is 0 Å². The minimum atomic E-state index is -3.41. The Morgan fingerprint density at radius 2 is 1.86 bits per heavy atom. The van der Waals surface area contributed by atoms with E-state index in [0.29, 0.717) is 6.54 Å². The minimum absolute atomic E-state index is 0.191. The fourth-order valence-electron chi connectivity index (χ4n) is 1.92. The lowest BCUT2D eigenvalue weighted by Gasteiger charge is -2.19. The van der Waals surface area contributed by atoms with Gasteiger partial charge < -0.3 is 5.32 Å². The molecule has 0 aliphatic heterocycles. The molecule has 1 aromatic rings. The van der Waals surface area contributed by atoms with Gasteiger partial charge >= 0.3 is 0 Å². The molecule has 0 unspecified atom stereocenters. The van der Waals surface area contributed by atoms with E-state index in [0.717, 1.165) is 31.1 Å². The Morgan fingerprint density at radius 1 is 1.23 bits per heavy atom. The minimum Gasteiger partial charge on any atom is -0.351 e. The fraction of sp³-hybridized carbons (Fsp3) is 0.533. The maximum atomic E-state index is 12.8. The number of nitrogens with one attached hydrogen (secondary N) is 1. The van der Waals surface area contributed by atoms with Crippen molar-refractivity contribution in [2.24, 2.45) is 0 Å². The first-order valence-electron chi connectivity index (χ1n) is 7.29. The smallest absolute Gasteiger partial charge is 0.235 e. The van der Waals surface area contributed by atoms with Gasteiger partial charge in [-0.15, -0.1) is 0 Å². The lowest BCUT2D eigenvalue weighted by Crippen LogP contribution is -2.40. The molecule has 0 atom stereocenters. The molecule has 1 aromatic carbocycles. The molecular weight excluding hydrogens is 307 g/mol. The van der Waals surface area contributed by atoms with Gasteiger partial charge in [-0.05, 0) is 24.1 Å². The van der Waals surface area contributed by atoms with E-state index >= 15 is 0 Å². The summed E-state index contributed by atoms with van der Waals surface area (Å²) in [4.78, 5) is 11.9. The molecule has 1 amide bonds. The molecular formula is C15H23FN2O3S. The Morgan fingerprint density at radius 3 is 2.41 bits per heavy atom. The predicted octanol–water partition coefficient (Wildman–Crippen LogP) is 1.89. The quantitative estimate of drug-likeness (QED) is 0.703. The van der Waals surface area contributed by atoms with E-state index in [9.17, 15) is 17.6 Å². The second kappa shape index (κ2) is 8.85. The molecule has 0 aliphatic rings. The number of sulfonamides is 1. The summed E-state index contributed by atoms with van der Waals surface area (Å²) in [6.07, 6.45) is 3.73. The third kappa shape index (κ3) is 7.00. The molecule has 7 heteroatoms. The van der Waals surface area contributed by atoms with Crippen LogP contribution in [0.2, 0.25) is 0 Å². The summed E-state index contributed by atoms with van der Waals surface area (Å²) >= 11 is 0. The summed E-state index contributed by atoms with van der Waals surface area (Å²) in [5, 5.41) is 2.64. The highest BCUT2D eigenvalue weighted by Gasteiger charge is 2.19. The van der Waals surface area contributed by atoms with Gasteiger partial charge in [0.1, 0.15) is 5.82 Å². The van der Waals surface area contributed by atoms with Crippen molar-refractivity contribution in [2.75, 3.05) is 19.3 Å². The van der Waals surface area contributed by atoms with E-state index in [-0.39, 0.29) is 24.8 Å². The van der Waals surface area contributed by atoms with Crippen LogP contribution in [-0.4, -0.2) is 38.0 Å². The number of carbonyl (C=O) groups is 1. The number of rotatable bonds is 9. The number of hydrogen-bond donors (Lipinski definition) is 1. The van der Waals surface area contributed by atoms with Gasteiger partial charge in [0.2, 0.25) is 15.9 Å². The van der Waals surface area contributed by atoms with E-state index in [2.05, 4.69) is 5.32 Å². The van der Waals surface area contributed by atoms with Crippen LogP contribution in [0.25, 0.3) is 0 Å². The SMILES string of the molecule is CCCCCN(CC(=O)NCc1ccc(F)cc1)S(C)(=O)=O. The Hall–Kier alpha value is -1.47. The van der Waals surface area contributed by atoms with E-state index in [4.69, 9.17) is 0 Å². The average molecular weight is 330 g/mol. The van der Waals surface area contributed by atoms with Gasteiger partial charge in [0.15, 0.2) is 0 Å². The number of unbranched alkanes of at least 4 members (excludes halogenated alkanes) is 2. The molecule has 0 saturated heterocycles. The van der Waals surface area contributed by atoms with Crippen molar-refractivity contribution in [3.63, 3.8) is 0 Å². The number of benzene rings is 1. The van der Waals surface area contributed by atoms with Crippen LogP contribution in [0, 0.1) is 5.82 Å². The van der Waals surface area contributed by atoms with E-state index in [1.54, 1.807) is 12.1 Å². The molecule has 0 aromatic heterocycles. The highest BCUT2D eigenvalue weighted by molar-refractivity contribution is 7.88. The van der Waals surface area contributed by atoms with Gasteiger partial charge in [-0.2, -0.15) is 4.31 Å². The molecule has 124 valence electrons. The summed E-state index contributed by atoms with van der Waals surface area (Å²) < 4.78 is 37.3. The van der Waals surface area contributed by atoms with Crippen molar-refractivity contribution in [3.8, 4) is 0 Å². The maximum Gasteiger partial charge on any atom is 0.235 e. The molecule has 5 nitrogen and oxygen atoms in total. The lowest BCUT2D eigenvalue weighted by molar-refractivity contribution is -0.121. The average Bonchev–Trinajstić information content (AvgIpc) is 2.45. The molecule has 0 aliphatic carbocycles. The second-order valence-corrected chi connectivity index (χ2v) is 7.19. The van der Waals surface area contributed by atoms with E-state index in [1.807, 2.05) is 6.92 Å². The van der Waals surface area contributed by atoms with E-state index in [1.165, 1.54) is 16.4 Å². The Kier molecular flexibility index (Phi) is 7.47. The summed E-state index contributed by atoms with van der Waals surface area (Å²) in [6, 6.07) is 5.78. The van der Waals surface area contributed by atoms with Gasteiger partial charge in [0.05, 0.1) is 12.8 Å². The third-order valence-electron chi connectivity index (χ3n) is 3.20. The molecule has 0 radical (unpaired) electrons. The number of hydrogen-bond acceptors (Lipinski definition) is 3. The Labute approximate surface area is 131 Å². The van der Waals surface area contributed by atoms with Gasteiger partial charge in [0, 0.05) is 13.1 Å². The Balaban J connectivity index is 2.50. The zero-order valence-electron chi connectivity index (χ0n) is 13.0. The zero-order chi connectivity index (χ0) is 16.6. The van der Waals surface area contributed by atoms with Crippen molar-refractivity contribution < 1.29 is 17.6 Å². The molecule has 22 heavy (non-hydrogen) atoms. The third-order valence-corrected chi connectivity index (χ3v) is 4.45. The molecule has 0 fully saturated rings. The van der Waals surface area contributed by atoms with Gasteiger partial charge in [0.25, 0.3) is 0 Å². The Bertz CT molecular complexity index is 573. The highest BCUT2D eigenvalue weighted by atomic mass is 32.2. The van der Waals surface area contributed by atoms with Gasteiger partial charge in [-0.25, -0.2) is 12.8 Å². The summed E-state index contributed by atoms with van der Waals surface area (Å²) in [5.74, 6) is -0.708. The molecule has 0 bridgehead atoms. The topological polar surface area (TPSA) is 66.5 Å². The first-order valence-corrected chi connectivity index (χ1v) is 9.14. The predicted molar refractivity (Wildman–Crippen MR) is 84.2 cm³/mol. The molecule has 0 heterocycles. The van der Waals surface area contributed by atoms with Crippen molar-refractivity contribution in [2.45, 2.75) is 32.7 Å². The van der Waals surface area contributed by atoms with Crippen LogP contribution in [0.4, 0.5) is 4.39 Å². The van der Waals surface area contributed by atoms with Crippen molar-refractivity contribution >= 4 is 15.9 Å². The summed E-state index contributed by atoms with van der Waals surface area (Å²) in [5.41, 5.74) is 0.756. The van der Waals surface area contributed by atoms with Crippen LogP contribution < -0.4 is 5.32 Å².